The van der Waals surface area contributed by atoms with Crippen molar-refractivity contribution in [3.8, 4) is 0 Å². The molecule has 2 aromatic rings. The van der Waals surface area contributed by atoms with Gasteiger partial charge in [0.1, 0.15) is 6.61 Å². The molecule has 2 rings (SSSR count). The number of hydrogen-bond acceptors (Lipinski definition) is 6. The second kappa shape index (κ2) is 9.02. The van der Waals surface area contributed by atoms with Crippen molar-refractivity contribution in [2.75, 3.05) is 12.3 Å². The summed E-state index contributed by atoms with van der Waals surface area (Å²) in [5, 5.41) is 11.5. The fraction of sp³-hybridized carbons (Fsp3) is 0.176. The van der Waals surface area contributed by atoms with Gasteiger partial charge in [0.05, 0.1) is 11.9 Å². The number of benzene rings is 1. The zero-order valence-corrected chi connectivity index (χ0v) is 13.4. The third kappa shape index (κ3) is 5.94. The van der Waals surface area contributed by atoms with Crippen LogP contribution in [0, 0.1) is 0 Å². The van der Waals surface area contributed by atoms with Gasteiger partial charge in [-0.15, -0.1) is 0 Å². The second-order valence-electron chi connectivity index (χ2n) is 5.01. The topological polar surface area (TPSA) is 127 Å². The van der Waals surface area contributed by atoms with E-state index in [-0.39, 0.29) is 18.1 Å². The number of ether oxygens (including phenoxy) is 1. The van der Waals surface area contributed by atoms with Crippen molar-refractivity contribution in [3.63, 3.8) is 0 Å². The van der Waals surface area contributed by atoms with Crippen molar-refractivity contribution in [1.29, 1.82) is 0 Å². The van der Waals surface area contributed by atoms with Crippen molar-refractivity contribution in [2.24, 2.45) is 0 Å². The lowest BCUT2D eigenvalue weighted by Crippen LogP contribution is -2.24. The summed E-state index contributed by atoms with van der Waals surface area (Å²) in [4.78, 5) is 30.1. The number of carbonyl (C=O) groups is 2. The van der Waals surface area contributed by atoms with Crippen LogP contribution >= 0.6 is 0 Å². The highest BCUT2D eigenvalue weighted by molar-refractivity contribution is 5.90. The van der Waals surface area contributed by atoms with Gasteiger partial charge in [-0.1, -0.05) is 36.4 Å². The molecule has 4 N–H and O–H groups in total. The number of aromatic carboxylic acids is 1. The molecule has 0 bridgehead atoms. The molecule has 0 fully saturated rings. The monoisotopic (exact) mass is 342 g/mol. The standard InChI is InChI=1S/C17H18N4O4/c18-15-14(16(22)23)21-13(10-20-15)8-4-5-9-19-17(24)25-11-12-6-2-1-3-7-12/h1-4,6-8,10H,5,9,11H2,(H2,18,20)(H,19,24)(H,22,23). The number of nitrogens with one attached hydrogen (secondary N) is 1. The third-order valence-corrected chi connectivity index (χ3v) is 3.10. The number of hydrogen-bond donors (Lipinski definition) is 3. The lowest BCUT2D eigenvalue weighted by atomic mass is 10.2. The Morgan fingerprint density at radius 1 is 1.28 bits per heavy atom. The predicted molar refractivity (Wildman–Crippen MR) is 91.7 cm³/mol. The van der Waals surface area contributed by atoms with Crippen LogP contribution < -0.4 is 11.1 Å². The maximum absolute atomic E-state index is 11.5. The largest absolute Gasteiger partial charge is 0.476 e. The number of nitrogens with zero attached hydrogens (tertiary/aromatic N) is 2. The van der Waals surface area contributed by atoms with Crippen molar-refractivity contribution in [2.45, 2.75) is 13.0 Å². The van der Waals surface area contributed by atoms with E-state index < -0.39 is 12.1 Å². The highest BCUT2D eigenvalue weighted by atomic mass is 16.5. The average molecular weight is 342 g/mol. The summed E-state index contributed by atoms with van der Waals surface area (Å²) in [7, 11) is 0. The molecule has 0 unspecified atom stereocenters. The zero-order valence-electron chi connectivity index (χ0n) is 13.4. The summed E-state index contributed by atoms with van der Waals surface area (Å²) >= 11 is 0. The van der Waals surface area contributed by atoms with Crippen LogP contribution in [-0.4, -0.2) is 33.7 Å². The Morgan fingerprint density at radius 3 is 2.76 bits per heavy atom. The van der Waals surface area contributed by atoms with Crippen LogP contribution in [0.4, 0.5) is 10.6 Å². The molecule has 0 aliphatic carbocycles. The molecule has 0 saturated heterocycles. The number of amides is 1. The van der Waals surface area contributed by atoms with E-state index >= 15 is 0 Å². The van der Waals surface area contributed by atoms with Crippen LogP contribution in [0.15, 0.2) is 42.6 Å². The molecule has 0 atom stereocenters. The number of carboxylic acid groups (broad SMARTS) is 1. The Bertz CT molecular complexity index is 762. The molecule has 1 aromatic carbocycles. The Hall–Kier alpha value is -3.42. The molecule has 25 heavy (non-hydrogen) atoms. The molecule has 1 amide bonds. The van der Waals surface area contributed by atoms with Crippen molar-refractivity contribution in [3.05, 3.63) is 59.6 Å². The molecule has 0 spiro atoms. The highest BCUT2D eigenvalue weighted by Gasteiger charge is 2.10. The Balaban J connectivity index is 1.72. The van der Waals surface area contributed by atoms with Crippen LogP contribution in [0.25, 0.3) is 6.08 Å². The Labute approximate surface area is 144 Å². The molecule has 8 heteroatoms. The number of nitrogen functional groups attached to an aromatic ring is 1. The fourth-order valence-corrected chi connectivity index (χ4v) is 1.89. The van der Waals surface area contributed by atoms with Gasteiger partial charge < -0.3 is 20.9 Å². The van der Waals surface area contributed by atoms with E-state index in [1.807, 2.05) is 30.3 Å². The van der Waals surface area contributed by atoms with Crippen LogP contribution in [0.1, 0.15) is 28.2 Å². The predicted octanol–water partition coefficient (Wildman–Crippen LogP) is 2.09. The van der Waals surface area contributed by atoms with Crippen LogP contribution in [-0.2, 0) is 11.3 Å². The molecule has 0 aliphatic heterocycles. The first-order valence-corrected chi connectivity index (χ1v) is 7.53. The normalized spacial score (nSPS) is 10.6. The summed E-state index contributed by atoms with van der Waals surface area (Å²) < 4.78 is 5.07. The summed E-state index contributed by atoms with van der Waals surface area (Å²) in [5.74, 6) is -1.37. The first-order valence-electron chi connectivity index (χ1n) is 7.53. The van der Waals surface area contributed by atoms with Crippen molar-refractivity contribution < 1.29 is 19.4 Å². The van der Waals surface area contributed by atoms with Crippen LogP contribution in [0.5, 0.6) is 0 Å². The Morgan fingerprint density at radius 2 is 2.04 bits per heavy atom. The lowest BCUT2D eigenvalue weighted by molar-refractivity contribution is 0.0691. The summed E-state index contributed by atoms with van der Waals surface area (Å²) in [6.07, 6.45) is 4.74. The zero-order chi connectivity index (χ0) is 18.1. The quantitative estimate of drug-likeness (QED) is 0.657. The maximum atomic E-state index is 11.5. The van der Waals surface area contributed by atoms with E-state index in [4.69, 9.17) is 15.6 Å². The van der Waals surface area contributed by atoms with E-state index in [2.05, 4.69) is 15.3 Å². The van der Waals surface area contributed by atoms with Crippen molar-refractivity contribution in [1.82, 2.24) is 15.3 Å². The lowest BCUT2D eigenvalue weighted by Gasteiger charge is -2.05. The number of carboxylic acids is 1. The van der Waals surface area contributed by atoms with Gasteiger partial charge in [-0.25, -0.2) is 19.6 Å². The smallest absolute Gasteiger partial charge is 0.407 e. The van der Waals surface area contributed by atoms with Gasteiger partial charge in [0, 0.05) is 6.54 Å². The number of aromatic nitrogens is 2. The fourth-order valence-electron chi connectivity index (χ4n) is 1.89. The Kier molecular flexibility index (Phi) is 6.47. The minimum absolute atomic E-state index is 0.132. The van der Waals surface area contributed by atoms with E-state index in [0.29, 0.717) is 18.7 Å². The molecular weight excluding hydrogens is 324 g/mol. The first kappa shape index (κ1) is 17.9. The minimum Gasteiger partial charge on any atom is -0.476 e. The van der Waals surface area contributed by atoms with E-state index in [9.17, 15) is 9.59 Å². The van der Waals surface area contributed by atoms with Gasteiger partial charge in [0.2, 0.25) is 0 Å². The molecular formula is C17H18N4O4. The number of anilines is 1. The van der Waals surface area contributed by atoms with Gasteiger partial charge in [0.25, 0.3) is 0 Å². The van der Waals surface area contributed by atoms with Crippen LogP contribution in [0.3, 0.4) is 0 Å². The molecule has 1 aromatic heterocycles. The maximum Gasteiger partial charge on any atom is 0.407 e. The molecule has 0 radical (unpaired) electrons. The van der Waals surface area contributed by atoms with Crippen molar-refractivity contribution >= 4 is 24.0 Å². The molecule has 1 heterocycles. The van der Waals surface area contributed by atoms with Crippen LogP contribution in [0.2, 0.25) is 0 Å². The molecule has 8 nitrogen and oxygen atoms in total. The third-order valence-electron chi connectivity index (χ3n) is 3.10. The number of nitrogens with two attached hydrogens (primary N) is 1. The molecule has 0 aliphatic rings. The number of carbonyl (C=O) groups excluding carboxylic acids is 1. The first-order chi connectivity index (χ1) is 12.1. The van der Waals surface area contributed by atoms with E-state index in [1.165, 1.54) is 6.20 Å². The summed E-state index contributed by atoms with van der Waals surface area (Å²) in [6.45, 7) is 0.583. The van der Waals surface area contributed by atoms with E-state index in [0.717, 1.165) is 5.56 Å². The minimum atomic E-state index is -1.23. The second-order valence-corrected chi connectivity index (χ2v) is 5.01. The highest BCUT2D eigenvalue weighted by Crippen LogP contribution is 2.07. The average Bonchev–Trinajstić information content (AvgIpc) is 2.61. The number of alkyl carbamates (subject to hydrolysis) is 1. The van der Waals surface area contributed by atoms with Gasteiger partial charge >= 0.3 is 12.1 Å². The molecule has 0 saturated carbocycles. The van der Waals surface area contributed by atoms with Gasteiger partial charge in [0.15, 0.2) is 11.5 Å². The SMILES string of the molecule is Nc1ncc(C=CCCNC(=O)OCc2ccccc2)nc1C(=O)O. The number of rotatable bonds is 7. The van der Waals surface area contributed by atoms with Gasteiger partial charge in [-0.3, -0.25) is 0 Å². The molecule has 130 valence electrons. The summed E-state index contributed by atoms with van der Waals surface area (Å²) in [5.41, 5.74) is 6.43. The van der Waals surface area contributed by atoms with Gasteiger partial charge in [-0.05, 0) is 18.1 Å². The summed E-state index contributed by atoms with van der Waals surface area (Å²) in [6, 6.07) is 9.37. The van der Waals surface area contributed by atoms with Gasteiger partial charge in [-0.2, -0.15) is 0 Å². The van der Waals surface area contributed by atoms with E-state index in [1.54, 1.807) is 12.2 Å².